The van der Waals surface area contributed by atoms with Crippen molar-refractivity contribution in [3.63, 3.8) is 0 Å². The monoisotopic (exact) mass is 286 g/mol. The maximum absolute atomic E-state index is 12.2. The fourth-order valence-electron chi connectivity index (χ4n) is 2.01. The molecule has 0 atom stereocenters. The lowest BCUT2D eigenvalue weighted by Gasteiger charge is -2.22. The van der Waals surface area contributed by atoms with Crippen molar-refractivity contribution in [1.82, 2.24) is 15.3 Å². The largest absolute Gasteiger partial charge is 0.481 e. The summed E-state index contributed by atoms with van der Waals surface area (Å²) in [5.41, 5.74) is 0.648. The van der Waals surface area contributed by atoms with Crippen molar-refractivity contribution in [1.29, 1.82) is 0 Å². The van der Waals surface area contributed by atoms with Gasteiger partial charge in [0, 0.05) is 11.8 Å². The maximum atomic E-state index is 12.2. The Hall–Kier alpha value is -1.41. The number of anilines is 1. The Morgan fingerprint density at radius 1 is 1.37 bits per heavy atom. The number of nitrogens with one attached hydrogen (secondary N) is 2. The molecule has 106 valence electrons. The normalized spacial score (nSPS) is 17.2. The lowest BCUT2D eigenvalue weighted by molar-refractivity contribution is 0.397. The zero-order valence-corrected chi connectivity index (χ0v) is 11.8. The Morgan fingerprint density at radius 3 is 2.68 bits per heavy atom. The molecule has 0 aromatic carbocycles. The van der Waals surface area contributed by atoms with Gasteiger partial charge in [0.15, 0.2) is 0 Å². The van der Waals surface area contributed by atoms with Gasteiger partial charge < -0.3 is 10.1 Å². The third-order valence-electron chi connectivity index (χ3n) is 3.00. The van der Waals surface area contributed by atoms with Crippen LogP contribution in [-0.4, -0.2) is 43.8 Å². The van der Waals surface area contributed by atoms with Crippen molar-refractivity contribution in [2.24, 2.45) is 0 Å². The molecular weight excluding hydrogens is 268 g/mol. The van der Waals surface area contributed by atoms with Crippen LogP contribution >= 0.6 is 0 Å². The summed E-state index contributed by atoms with van der Waals surface area (Å²) in [7, 11) is -1.97. The molecule has 1 aromatic heterocycles. The number of ether oxygens (including phenoxy) is 1. The van der Waals surface area contributed by atoms with E-state index in [1.807, 2.05) is 0 Å². The highest BCUT2D eigenvalue weighted by Crippen LogP contribution is 2.17. The van der Waals surface area contributed by atoms with E-state index in [1.54, 1.807) is 13.0 Å². The molecule has 2 N–H and O–H groups in total. The number of rotatable bonds is 4. The molecule has 0 unspecified atom stereocenters. The molecule has 1 aromatic rings. The number of aryl methyl sites for hydroxylation is 1. The molecule has 1 aliphatic heterocycles. The first-order valence-corrected chi connectivity index (χ1v) is 7.68. The van der Waals surface area contributed by atoms with Gasteiger partial charge in [-0.05, 0) is 32.9 Å². The lowest BCUT2D eigenvalue weighted by atomic mass is 10.2. The first-order chi connectivity index (χ1) is 9.01. The number of methoxy groups -OCH3 is 1. The Bertz CT molecular complexity index is 541. The average molecular weight is 286 g/mol. The molecule has 1 fully saturated rings. The Kier molecular flexibility index (Phi) is 4.20. The molecule has 8 heteroatoms. The van der Waals surface area contributed by atoms with Gasteiger partial charge in [-0.2, -0.15) is 4.98 Å². The van der Waals surface area contributed by atoms with Crippen LogP contribution in [0, 0.1) is 6.92 Å². The minimum atomic E-state index is -3.45. The molecule has 0 amide bonds. The smallest absolute Gasteiger partial charge is 0.240 e. The number of piperidine rings is 1. The quantitative estimate of drug-likeness (QED) is 0.826. The van der Waals surface area contributed by atoms with Crippen LogP contribution in [0.2, 0.25) is 0 Å². The Balaban J connectivity index is 2.17. The van der Waals surface area contributed by atoms with E-state index in [1.165, 1.54) is 7.11 Å². The second-order valence-electron chi connectivity index (χ2n) is 4.47. The SMILES string of the molecule is COc1cc(C)nc(NS(=O)(=O)C2CCNCC2)n1. The van der Waals surface area contributed by atoms with E-state index in [9.17, 15) is 8.42 Å². The van der Waals surface area contributed by atoms with Crippen molar-refractivity contribution >= 4 is 16.0 Å². The molecule has 1 aliphatic rings. The van der Waals surface area contributed by atoms with Crippen LogP contribution in [0.15, 0.2) is 6.07 Å². The van der Waals surface area contributed by atoms with Gasteiger partial charge in [0.25, 0.3) is 0 Å². The maximum Gasteiger partial charge on any atom is 0.240 e. The second kappa shape index (κ2) is 5.70. The molecule has 2 rings (SSSR count). The predicted octanol–water partition coefficient (Wildman–Crippen LogP) is 0.287. The van der Waals surface area contributed by atoms with E-state index >= 15 is 0 Å². The third kappa shape index (κ3) is 3.54. The van der Waals surface area contributed by atoms with E-state index in [4.69, 9.17) is 4.74 Å². The van der Waals surface area contributed by atoms with E-state index in [0.29, 0.717) is 37.5 Å². The summed E-state index contributed by atoms with van der Waals surface area (Å²) in [5, 5.41) is 2.74. The number of sulfonamides is 1. The summed E-state index contributed by atoms with van der Waals surface area (Å²) >= 11 is 0. The van der Waals surface area contributed by atoms with Crippen LogP contribution in [0.3, 0.4) is 0 Å². The topological polar surface area (TPSA) is 93.2 Å². The van der Waals surface area contributed by atoms with Gasteiger partial charge in [0.05, 0.1) is 12.4 Å². The molecule has 7 nitrogen and oxygen atoms in total. The predicted molar refractivity (Wildman–Crippen MR) is 71.8 cm³/mol. The molecule has 0 spiro atoms. The summed E-state index contributed by atoms with van der Waals surface area (Å²) in [6.07, 6.45) is 1.19. The van der Waals surface area contributed by atoms with Gasteiger partial charge >= 0.3 is 0 Å². The Labute approximate surface area is 112 Å². The van der Waals surface area contributed by atoms with Crippen LogP contribution < -0.4 is 14.8 Å². The number of aromatic nitrogens is 2. The van der Waals surface area contributed by atoms with Crippen molar-refractivity contribution in [3.8, 4) is 5.88 Å². The molecule has 0 saturated carbocycles. The summed E-state index contributed by atoms with van der Waals surface area (Å²) in [6, 6.07) is 1.64. The molecule has 0 aliphatic carbocycles. The van der Waals surface area contributed by atoms with E-state index in [2.05, 4.69) is 20.0 Å². The number of hydrogen-bond acceptors (Lipinski definition) is 6. The minimum Gasteiger partial charge on any atom is -0.481 e. The molecule has 1 saturated heterocycles. The van der Waals surface area contributed by atoms with Gasteiger partial charge in [-0.25, -0.2) is 13.4 Å². The van der Waals surface area contributed by atoms with Crippen LogP contribution in [0.25, 0.3) is 0 Å². The molecule has 2 heterocycles. The molecule has 19 heavy (non-hydrogen) atoms. The van der Waals surface area contributed by atoms with Crippen molar-refractivity contribution in [2.45, 2.75) is 25.0 Å². The lowest BCUT2D eigenvalue weighted by Crippen LogP contribution is -2.38. The third-order valence-corrected chi connectivity index (χ3v) is 4.81. The van der Waals surface area contributed by atoms with E-state index in [0.717, 1.165) is 0 Å². The Morgan fingerprint density at radius 2 is 2.05 bits per heavy atom. The van der Waals surface area contributed by atoms with Crippen LogP contribution in [0.1, 0.15) is 18.5 Å². The van der Waals surface area contributed by atoms with Crippen LogP contribution in [0.4, 0.5) is 5.95 Å². The highest BCUT2D eigenvalue weighted by atomic mass is 32.2. The summed E-state index contributed by atoms with van der Waals surface area (Å²) in [4.78, 5) is 8.06. The average Bonchev–Trinajstić information content (AvgIpc) is 2.38. The molecule has 0 radical (unpaired) electrons. The number of hydrogen-bond donors (Lipinski definition) is 2. The van der Waals surface area contributed by atoms with Crippen LogP contribution in [-0.2, 0) is 10.0 Å². The van der Waals surface area contributed by atoms with Gasteiger partial charge in [0.2, 0.25) is 21.9 Å². The highest BCUT2D eigenvalue weighted by Gasteiger charge is 2.27. The van der Waals surface area contributed by atoms with Crippen LogP contribution in [0.5, 0.6) is 5.88 Å². The van der Waals surface area contributed by atoms with Gasteiger partial charge in [-0.1, -0.05) is 0 Å². The number of nitrogens with zero attached hydrogens (tertiary/aromatic N) is 2. The zero-order valence-electron chi connectivity index (χ0n) is 11.0. The zero-order chi connectivity index (χ0) is 13.9. The molecule has 0 bridgehead atoms. The standard InChI is InChI=1S/C11H18N4O3S/c1-8-7-10(18-2)14-11(13-8)15-19(16,17)9-3-5-12-6-4-9/h7,9,12H,3-6H2,1-2H3,(H,13,14,15). The van der Waals surface area contributed by atoms with Crippen molar-refractivity contribution in [3.05, 3.63) is 11.8 Å². The highest BCUT2D eigenvalue weighted by molar-refractivity contribution is 7.93. The van der Waals surface area contributed by atoms with E-state index in [-0.39, 0.29) is 5.95 Å². The fourth-order valence-corrected chi connectivity index (χ4v) is 3.37. The van der Waals surface area contributed by atoms with Crippen molar-refractivity contribution in [2.75, 3.05) is 24.9 Å². The summed E-state index contributed by atoms with van der Waals surface area (Å²) < 4.78 is 31.9. The first-order valence-electron chi connectivity index (χ1n) is 6.13. The van der Waals surface area contributed by atoms with Gasteiger partial charge in [0.1, 0.15) is 0 Å². The van der Waals surface area contributed by atoms with E-state index < -0.39 is 15.3 Å². The minimum absolute atomic E-state index is 0.0652. The molecular formula is C11H18N4O3S. The summed E-state index contributed by atoms with van der Waals surface area (Å²) in [5.74, 6) is 0.408. The summed E-state index contributed by atoms with van der Waals surface area (Å²) in [6.45, 7) is 3.18. The fraction of sp³-hybridized carbons (Fsp3) is 0.636. The first kappa shape index (κ1) is 14.0. The van der Waals surface area contributed by atoms with Gasteiger partial charge in [-0.15, -0.1) is 0 Å². The van der Waals surface area contributed by atoms with Crippen molar-refractivity contribution < 1.29 is 13.2 Å². The second-order valence-corrected chi connectivity index (χ2v) is 6.43. The van der Waals surface area contributed by atoms with Gasteiger partial charge in [-0.3, -0.25) is 4.72 Å².